The molecule has 2 amide bonds. The molecule has 0 aliphatic rings. The molecular weight excluding hydrogens is 462 g/mol. The molecule has 4 rings (SSSR count). The van der Waals surface area contributed by atoms with E-state index in [1.54, 1.807) is 37.3 Å². The number of furan rings is 1. The van der Waals surface area contributed by atoms with Crippen LogP contribution in [0.4, 0.5) is 17.1 Å². The number of amides is 2. The van der Waals surface area contributed by atoms with Crippen LogP contribution in [0.5, 0.6) is 5.75 Å². The number of carbonyl (C=O) groups is 2. The van der Waals surface area contributed by atoms with Crippen molar-refractivity contribution in [2.45, 2.75) is 6.92 Å². The minimum Gasteiger partial charge on any atom is -0.482 e. The van der Waals surface area contributed by atoms with Gasteiger partial charge in [0.1, 0.15) is 11.3 Å². The highest BCUT2D eigenvalue weighted by atomic mass is 35.5. The van der Waals surface area contributed by atoms with E-state index in [0.717, 1.165) is 17.0 Å². The number of para-hydroxylation sites is 1. The Bertz CT molecular complexity index is 1380. The normalized spacial score (nSPS) is 10.6. The number of nitro groups is 1. The summed E-state index contributed by atoms with van der Waals surface area (Å²) >= 11 is 5.96. The lowest BCUT2D eigenvalue weighted by Crippen LogP contribution is -2.20. The molecule has 0 bridgehead atoms. The Kier molecular flexibility index (Phi) is 6.46. The molecule has 0 fully saturated rings. The zero-order chi connectivity index (χ0) is 24.2. The molecule has 0 unspecified atom stereocenters. The van der Waals surface area contributed by atoms with Crippen molar-refractivity contribution in [2.75, 3.05) is 17.2 Å². The number of hydrogen-bond acceptors (Lipinski definition) is 6. The average molecular weight is 480 g/mol. The number of anilines is 2. The number of hydrogen-bond donors (Lipinski definition) is 2. The van der Waals surface area contributed by atoms with Gasteiger partial charge in [-0.05, 0) is 48.9 Å². The summed E-state index contributed by atoms with van der Waals surface area (Å²) in [6.45, 7) is 1.44. The Hall–Kier alpha value is -4.37. The van der Waals surface area contributed by atoms with Gasteiger partial charge in [-0.25, -0.2) is 0 Å². The molecular formula is C24H18ClN3O6. The van der Waals surface area contributed by atoms with Crippen molar-refractivity contribution in [3.63, 3.8) is 0 Å². The van der Waals surface area contributed by atoms with Gasteiger partial charge in [-0.15, -0.1) is 0 Å². The largest absolute Gasteiger partial charge is 0.482 e. The van der Waals surface area contributed by atoms with Crippen LogP contribution in [0.15, 0.2) is 71.1 Å². The summed E-state index contributed by atoms with van der Waals surface area (Å²) < 4.78 is 10.9. The second-order valence-corrected chi connectivity index (χ2v) is 7.75. The first kappa shape index (κ1) is 22.8. The van der Waals surface area contributed by atoms with Crippen LogP contribution >= 0.6 is 11.6 Å². The molecule has 2 N–H and O–H groups in total. The summed E-state index contributed by atoms with van der Waals surface area (Å²) in [6, 6.07) is 17.7. The number of nitrogens with one attached hydrogen (secondary N) is 2. The van der Waals surface area contributed by atoms with Gasteiger partial charge in [0, 0.05) is 28.9 Å². The molecule has 4 aromatic rings. The van der Waals surface area contributed by atoms with E-state index in [-0.39, 0.29) is 34.7 Å². The minimum absolute atomic E-state index is 0.0300. The van der Waals surface area contributed by atoms with Crippen molar-refractivity contribution in [1.82, 2.24) is 0 Å². The van der Waals surface area contributed by atoms with E-state index in [4.69, 9.17) is 20.8 Å². The molecule has 0 atom stereocenters. The van der Waals surface area contributed by atoms with Gasteiger partial charge in [-0.2, -0.15) is 0 Å². The SMILES string of the molecule is Cc1cc(NC(=O)COc2ccc([N+](=O)[O-])cc2Cl)ccc1NC(=O)c1cc2ccccc2o1. The topological polar surface area (TPSA) is 124 Å². The summed E-state index contributed by atoms with van der Waals surface area (Å²) in [5.74, 6) is -0.486. The van der Waals surface area contributed by atoms with Crippen LogP contribution in [0.25, 0.3) is 11.0 Å². The number of benzene rings is 3. The van der Waals surface area contributed by atoms with Crippen LogP contribution < -0.4 is 15.4 Å². The molecule has 1 aromatic heterocycles. The van der Waals surface area contributed by atoms with Gasteiger partial charge < -0.3 is 19.8 Å². The highest BCUT2D eigenvalue weighted by Gasteiger charge is 2.15. The standard InChI is InChI=1S/C24H18ClN3O6/c1-14-10-16(26-23(29)13-33-21-9-7-17(28(31)32)12-18(21)25)6-8-19(14)27-24(30)22-11-15-4-2-3-5-20(15)34-22/h2-12H,13H2,1H3,(H,26,29)(H,27,30). The fourth-order valence-corrected chi connectivity index (χ4v) is 3.45. The maximum Gasteiger partial charge on any atom is 0.291 e. The maximum absolute atomic E-state index is 12.6. The molecule has 172 valence electrons. The number of nitrogens with zero attached hydrogens (tertiary/aromatic N) is 1. The summed E-state index contributed by atoms with van der Waals surface area (Å²) in [5, 5.41) is 17.1. The minimum atomic E-state index is -0.576. The fraction of sp³-hybridized carbons (Fsp3) is 0.0833. The highest BCUT2D eigenvalue weighted by molar-refractivity contribution is 6.32. The van der Waals surface area contributed by atoms with Crippen molar-refractivity contribution >= 4 is 51.4 Å². The second-order valence-electron chi connectivity index (χ2n) is 7.34. The Morgan fingerprint density at radius 3 is 2.56 bits per heavy atom. The summed E-state index contributed by atoms with van der Waals surface area (Å²) in [5.41, 5.74) is 2.24. The van der Waals surface area contributed by atoms with Crippen molar-refractivity contribution in [2.24, 2.45) is 0 Å². The van der Waals surface area contributed by atoms with Crippen LogP contribution in [-0.2, 0) is 4.79 Å². The van der Waals surface area contributed by atoms with Crippen LogP contribution in [0, 0.1) is 17.0 Å². The first-order valence-corrected chi connectivity index (χ1v) is 10.4. The number of nitro benzene ring substituents is 1. The zero-order valence-corrected chi connectivity index (χ0v) is 18.6. The van der Waals surface area contributed by atoms with Gasteiger partial charge in [0.15, 0.2) is 12.4 Å². The maximum atomic E-state index is 12.6. The van der Waals surface area contributed by atoms with Crippen LogP contribution in [0.1, 0.15) is 16.1 Å². The van der Waals surface area contributed by atoms with Crippen molar-refractivity contribution in [1.29, 1.82) is 0 Å². The number of fused-ring (bicyclic) bond motifs is 1. The molecule has 3 aromatic carbocycles. The number of aryl methyl sites for hydroxylation is 1. The average Bonchev–Trinajstić information content (AvgIpc) is 3.24. The summed E-state index contributed by atoms with van der Waals surface area (Å²) in [4.78, 5) is 35.0. The molecule has 0 saturated carbocycles. The van der Waals surface area contributed by atoms with Crippen molar-refractivity contribution in [3.8, 4) is 5.75 Å². The van der Waals surface area contributed by atoms with Gasteiger partial charge >= 0.3 is 0 Å². The molecule has 1 heterocycles. The number of ether oxygens (including phenoxy) is 1. The monoisotopic (exact) mass is 479 g/mol. The molecule has 0 saturated heterocycles. The Morgan fingerprint density at radius 1 is 1.06 bits per heavy atom. The smallest absolute Gasteiger partial charge is 0.291 e. The Labute approximate surface area is 198 Å². The Balaban J connectivity index is 1.35. The molecule has 0 aliphatic heterocycles. The zero-order valence-electron chi connectivity index (χ0n) is 17.8. The van der Waals surface area contributed by atoms with Crippen molar-refractivity contribution in [3.05, 3.63) is 93.2 Å². The van der Waals surface area contributed by atoms with Gasteiger partial charge in [0.25, 0.3) is 17.5 Å². The lowest BCUT2D eigenvalue weighted by molar-refractivity contribution is -0.384. The Morgan fingerprint density at radius 2 is 1.85 bits per heavy atom. The third-order valence-electron chi connectivity index (χ3n) is 4.89. The highest BCUT2D eigenvalue weighted by Crippen LogP contribution is 2.29. The van der Waals surface area contributed by atoms with E-state index in [1.807, 2.05) is 18.2 Å². The van der Waals surface area contributed by atoms with E-state index in [1.165, 1.54) is 12.1 Å². The third-order valence-corrected chi connectivity index (χ3v) is 5.19. The first-order chi connectivity index (χ1) is 16.3. The van der Waals surface area contributed by atoms with Gasteiger partial charge in [0.05, 0.1) is 9.95 Å². The lowest BCUT2D eigenvalue weighted by Gasteiger charge is -2.11. The molecule has 0 radical (unpaired) electrons. The summed E-state index contributed by atoms with van der Waals surface area (Å²) in [6.07, 6.45) is 0. The van der Waals surface area contributed by atoms with Crippen LogP contribution in [-0.4, -0.2) is 23.3 Å². The number of carbonyl (C=O) groups excluding carboxylic acids is 2. The quantitative estimate of drug-likeness (QED) is 0.263. The molecule has 0 aliphatic carbocycles. The van der Waals surface area contributed by atoms with Crippen molar-refractivity contribution < 1.29 is 23.7 Å². The second kappa shape index (κ2) is 9.63. The van der Waals surface area contributed by atoms with E-state index < -0.39 is 10.8 Å². The van der Waals surface area contributed by atoms with Gasteiger partial charge in [-0.3, -0.25) is 19.7 Å². The lowest BCUT2D eigenvalue weighted by atomic mass is 10.1. The third kappa shape index (κ3) is 5.16. The van der Waals surface area contributed by atoms with Gasteiger partial charge in [-0.1, -0.05) is 29.8 Å². The van der Waals surface area contributed by atoms with E-state index in [9.17, 15) is 19.7 Å². The van der Waals surface area contributed by atoms with E-state index in [0.29, 0.717) is 17.0 Å². The predicted octanol–water partition coefficient (Wildman–Crippen LogP) is 5.57. The summed E-state index contributed by atoms with van der Waals surface area (Å²) in [7, 11) is 0. The number of halogens is 1. The molecule has 9 nitrogen and oxygen atoms in total. The molecule has 10 heteroatoms. The molecule has 34 heavy (non-hydrogen) atoms. The van der Waals surface area contributed by atoms with Crippen LogP contribution in [0.2, 0.25) is 5.02 Å². The van der Waals surface area contributed by atoms with Gasteiger partial charge in [0.2, 0.25) is 0 Å². The van der Waals surface area contributed by atoms with E-state index >= 15 is 0 Å². The van der Waals surface area contributed by atoms with E-state index in [2.05, 4.69) is 10.6 Å². The number of non-ortho nitro benzene ring substituents is 1. The molecule has 0 spiro atoms. The number of rotatable bonds is 7. The van der Waals surface area contributed by atoms with Crippen LogP contribution in [0.3, 0.4) is 0 Å². The predicted molar refractivity (Wildman–Crippen MR) is 128 cm³/mol. The fourth-order valence-electron chi connectivity index (χ4n) is 3.22. The first-order valence-electron chi connectivity index (χ1n) is 10.1.